The van der Waals surface area contributed by atoms with E-state index in [1.165, 1.54) is 0 Å². The third-order valence-corrected chi connectivity index (χ3v) is 1.83. The highest BCUT2D eigenvalue weighted by Gasteiger charge is 2.30. The molecule has 1 aliphatic heterocycles. The lowest BCUT2D eigenvalue weighted by Gasteiger charge is -2.24. The highest BCUT2D eigenvalue weighted by Crippen LogP contribution is 2.10. The van der Waals surface area contributed by atoms with E-state index >= 15 is 0 Å². The number of nitrogens with one attached hydrogen (secondary N) is 2. The maximum atomic E-state index is 10.3. The Hall–Kier alpha value is -1.46. The quantitative estimate of drug-likeness (QED) is 0.416. The Morgan fingerprint density at radius 1 is 1.77 bits per heavy atom. The van der Waals surface area contributed by atoms with Gasteiger partial charge in [-0.1, -0.05) is 0 Å². The average molecular weight is 187 g/mol. The average Bonchev–Trinajstić information content (AvgIpc) is 2.08. The molecular weight excluding hydrogens is 176 g/mol. The molecule has 0 unspecified atom stereocenters. The summed E-state index contributed by atoms with van der Waals surface area (Å²) in [6.45, 7) is 0.817. The van der Waals surface area contributed by atoms with Crippen LogP contribution in [-0.2, 0) is 4.74 Å². The van der Waals surface area contributed by atoms with E-state index in [4.69, 9.17) is 15.4 Å². The SMILES string of the molecule is N=[N+]=N[C@H]1CCOC[C@H]1NC(=O)O. The minimum absolute atomic E-state index is 0.276. The first-order chi connectivity index (χ1) is 6.24. The fourth-order valence-corrected chi connectivity index (χ4v) is 1.24. The van der Waals surface area contributed by atoms with Crippen LogP contribution in [0.15, 0.2) is 5.11 Å². The van der Waals surface area contributed by atoms with Crippen LogP contribution in [0.25, 0.3) is 0 Å². The van der Waals surface area contributed by atoms with Crippen LogP contribution >= 0.6 is 0 Å². The van der Waals surface area contributed by atoms with Crippen molar-refractivity contribution in [1.82, 2.24) is 10.2 Å². The van der Waals surface area contributed by atoms with Crippen molar-refractivity contribution in [2.75, 3.05) is 13.2 Å². The van der Waals surface area contributed by atoms with Crippen molar-refractivity contribution in [2.24, 2.45) is 5.11 Å². The molecule has 1 rings (SSSR count). The maximum Gasteiger partial charge on any atom is 0.405 e. The molecule has 0 aromatic rings. The van der Waals surface area contributed by atoms with E-state index in [1.807, 2.05) is 0 Å². The highest BCUT2D eigenvalue weighted by molar-refractivity contribution is 5.65. The van der Waals surface area contributed by atoms with Gasteiger partial charge in [0.05, 0.1) is 12.6 Å². The standard InChI is InChI=1S/C6H10N4O3/c7-10-9-4-1-2-13-3-5(4)8-6(11)12/h4-5,7-8H,1-3H2/p+1/t4-,5+/m0/s1. The number of carbonyl (C=O) groups is 1. The van der Waals surface area contributed by atoms with Crippen LogP contribution in [0.4, 0.5) is 4.79 Å². The maximum absolute atomic E-state index is 10.3. The molecule has 72 valence electrons. The Morgan fingerprint density at radius 2 is 2.54 bits per heavy atom. The van der Waals surface area contributed by atoms with Crippen LogP contribution in [0.3, 0.4) is 0 Å². The van der Waals surface area contributed by atoms with Gasteiger partial charge in [-0.3, -0.25) is 0 Å². The lowest BCUT2D eigenvalue weighted by molar-refractivity contribution is 0.0570. The Kier molecular flexibility index (Phi) is 3.36. The number of rotatable bonds is 2. The molecule has 1 aliphatic rings. The van der Waals surface area contributed by atoms with Gasteiger partial charge in [0.15, 0.2) is 6.04 Å². The van der Waals surface area contributed by atoms with Gasteiger partial charge < -0.3 is 15.2 Å². The van der Waals surface area contributed by atoms with Gasteiger partial charge in [-0.15, -0.1) is 0 Å². The molecule has 0 aromatic carbocycles. The molecule has 0 saturated carbocycles. The summed E-state index contributed by atoms with van der Waals surface area (Å²) >= 11 is 0. The zero-order valence-electron chi connectivity index (χ0n) is 6.93. The van der Waals surface area contributed by atoms with E-state index in [9.17, 15) is 4.79 Å². The van der Waals surface area contributed by atoms with Crippen LogP contribution in [0, 0.1) is 5.53 Å². The fraction of sp³-hybridized carbons (Fsp3) is 0.833. The van der Waals surface area contributed by atoms with Crippen molar-refractivity contribution < 1.29 is 14.6 Å². The van der Waals surface area contributed by atoms with Crippen LogP contribution in [-0.4, -0.2) is 36.5 Å². The van der Waals surface area contributed by atoms with Gasteiger partial charge in [-0.2, -0.15) is 0 Å². The van der Waals surface area contributed by atoms with Crippen LogP contribution in [0.2, 0.25) is 0 Å². The Morgan fingerprint density at radius 3 is 3.15 bits per heavy atom. The van der Waals surface area contributed by atoms with E-state index in [0.717, 1.165) is 0 Å². The van der Waals surface area contributed by atoms with Crippen molar-refractivity contribution in [3.05, 3.63) is 0 Å². The molecule has 1 saturated heterocycles. The van der Waals surface area contributed by atoms with Gasteiger partial charge in [-0.25, -0.2) is 4.79 Å². The minimum Gasteiger partial charge on any atom is -0.465 e. The Bertz CT molecular complexity index is 238. The summed E-state index contributed by atoms with van der Waals surface area (Å²) in [5.74, 6) is 0. The monoisotopic (exact) mass is 187 g/mol. The molecule has 1 fully saturated rings. The van der Waals surface area contributed by atoms with Crippen molar-refractivity contribution in [1.29, 1.82) is 5.53 Å². The normalized spacial score (nSPS) is 27.4. The molecule has 7 heteroatoms. The van der Waals surface area contributed by atoms with E-state index < -0.39 is 6.09 Å². The molecule has 13 heavy (non-hydrogen) atoms. The molecule has 0 radical (unpaired) electrons. The van der Waals surface area contributed by atoms with Gasteiger partial charge in [0.1, 0.15) is 10.6 Å². The largest absolute Gasteiger partial charge is 0.465 e. The zero-order chi connectivity index (χ0) is 9.68. The molecule has 7 nitrogen and oxygen atoms in total. The molecule has 0 aromatic heterocycles. The fourth-order valence-electron chi connectivity index (χ4n) is 1.24. The molecule has 0 spiro atoms. The number of nitrogens with zero attached hydrogens (tertiary/aromatic N) is 2. The predicted molar refractivity (Wildman–Crippen MR) is 41.5 cm³/mol. The van der Waals surface area contributed by atoms with Gasteiger partial charge in [-0.05, 0) is 0 Å². The Labute approximate surface area is 74.3 Å². The molecule has 0 bridgehead atoms. The van der Waals surface area contributed by atoms with Gasteiger partial charge in [0.25, 0.3) is 0 Å². The van der Waals surface area contributed by atoms with Crippen molar-refractivity contribution in [3.63, 3.8) is 0 Å². The highest BCUT2D eigenvalue weighted by atomic mass is 16.5. The second-order valence-electron chi connectivity index (χ2n) is 2.70. The third-order valence-electron chi connectivity index (χ3n) is 1.83. The van der Waals surface area contributed by atoms with E-state index in [0.29, 0.717) is 13.0 Å². The van der Waals surface area contributed by atoms with E-state index in [-0.39, 0.29) is 18.7 Å². The summed E-state index contributed by atoms with van der Waals surface area (Å²) in [6.07, 6.45) is -0.520. The first kappa shape index (κ1) is 9.63. The number of hydrogen-bond acceptors (Lipinski definition) is 4. The van der Waals surface area contributed by atoms with Crippen molar-refractivity contribution in [3.8, 4) is 0 Å². The third kappa shape index (κ3) is 2.81. The van der Waals surface area contributed by atoms with E-state index in [1.54, 1.807) is 0 Å². The number of carboxylic acid groups (broad SMARTS) is 1. The van der Waals surface area contributed by atoms with Gasteiger partial charge in [0.2, 0.25) is 4.91 Å². The smallest absolute Gasteiger partial charge is 0.405 e. The summed E-state index contributed by atoms with van der Waals surface area (Å²) < 4.78 is 5.07. The first-order valence-electron chi connectivity index (χ1n) is 3.88. The lowest BCUT2D eigenvalue weighted by Crippen LogP contribution is -2.48. The Balaban J connectivity index is 2.55. The second-order valence-corrected chi connectivity index (χ2v) is 2.70. The first-order valence-corrected chi connectivity index (χ1v) is 3.88. The number of amides is 1. The predicted octanol–water partition coefficient (Wildman–Crippen LogP) is -0.0381. The number of ether oxygens (including phenoxy) is 1. The number of hydrogen-bond donors (Lipinski definition) is 3. The summed E-state index contributed by atoms with van der Waals surface area (Å²) in [6, 6.07) is -0.664. The molecule has 2 atom stereocenters. The summed E-state index contributed by atoms with van der Waals surface area (Å²) in [5.41, 5.74) is 6.55. The molecule has 1 amide bonds. The summed E-state index contributed by atoms with van der Waals surface area (Å²) in [4.78, 5) is 13.2. The summed E-state index contributed by atoms with van der Waals surface area (Å²) in [5, 5.41) is 14.3. The van der Waals surface area contributed by atoms with Crippen molar-refractivity contribution >= 4 is 6.09 Å². The molecular formula is C6H11N4O3+. The molecule has 1 heterocycles. The molecule has 3 N–H and O–H groups in total. The topological polar surface area (TPSA) is 109 Å². The van der Waals surface area contributed by atoms with Crippen LogP contribution in [0.5, 0.6) is 0 Å². The van der Waals surface area contributed by atoms with Crippen LogP contribution < -0.4 is 10.2 Å². The van der Waals surface area contributed by atoms with Gasteiger partial charge >= 0.3 is 6.09 Å². The minimum atomic E-state index is -1.11. The molecule has 0 aliphatic carbocycles. The van der Waals surface area contributed by atoms with Crippen molar-refractivity contribution in [2.45, 2.75) is 18.5 Å². The summed E-state index contributed by atoms with van der Waals surface area (Å²) in [7, 11) is 0. The lowest BCUT2D eigenvalue weighted by atomic mass is 10.1. The van der Waals surface area contributed by atoms with Crippen LogP contribution in [0.1, 0.15) is 6.42 Å². The zero-order valence-corrected chi connectivity index (χ0v) is 6.93. The van der Waals surface area contributed by atoms with E-state index in [2.05, 4.69) is 15.3 Å². The second kappa shape index (κ2) is 4.54. The van der Waals surface area contributed by atoms with Gasteiger partial charge in [0, 0.05) is 13.0 Å².